The number of rotatable bonds is 0. The molecule has 0 aliphatic carbocycles. The second-order valence-electron chi connectivity index (χ2n) is 6.02. The number of ether oxygens (including phenoxy) is 1. The highest BCUT2D eigenvalue weighted by Gasteiger charge is 2.54. The first-order chi connectivity index (χ1) is 9.31. The van der Waals surface area contributed by atoms with E-state index in [0.29, 0.717) is 11.1 Å². The molecule has 5 heteroatoms. The number of carbonyl (C=O) groups is 1. The highest BCUT2D eigenvalue weighted by Crippen LogP contribution is 2.57. The van der Waals surface area contributed by atoms with Crippen LogP contribution in [0.15, 0.2) is 35.9 Å². The zero-order chi connectivity index (χ0) is 14.7. The van der Waals surface area contributed by atoms with Gasteiger partial charge in [0, 0.05) is 0 Å². The molecule has 2 heterocycles. The lowest BCUT2D eigenvalue weighted by Crippen LogP contribution is -2.35. The Morgan fingerprint density at radius 3 is 1.95 bits per heavy atom. The summed E-state index contributed by atoms with van der Waals surface area (Å²) in [5.41, 5.74) is 0.544. The van der Waals surface area contributed by atoms with Crippen molar-refractivity contribution in [3.8, 4) is 0 Å². The minimum absolute atomic E-state index is 0.627. The van der Waals surface area contributed by atoms with Crippen LogP contribution in [0.5, 0.6) is 0 Å². The molecule has 3 rings (SSSR count). The van der Waals surface area contributed by atoms with Crippen LogP contribution in [0, 0.1) is 0 Å². The number of carbonyl (C=O) groups excluding carboxylic acids is 1. The maximum Gasteiger partial charge on any atom is 0.412 e. The molecular formula is C15H15F2NO2. The fourth-order valence-electron chi connectivity index (χ4n) is 2.76. The smallest absolute Gasteiger partial charge is 0.412 e. The summed E-state index contributed by atoms with van der Waals surface area (Å²) in [4.78, 5) is 13.4. The van der Waals surface area contributed by atoms with Gasteiger partial charge in [-0.1, -0.05) is 24.3 Å². The van der Waals surface area contributed by atoms with Crippen LogP contribution in [0.25, 0.3) is 0 Å². The minimum atomic E-state index is -0.994. The Hall–Kier alpha value is -1.91. The van der Waals surface area contributed by atoms with Crippen molar-refractivity contribution in [3.63, 3.8) is 0 Å². The molecule has 0 N–H and O–H groups in total. The molecule has 2 unspecified atom stereocenters. The van der Waals surface area contributed by atoms with Crippen molar-refractivity contribution in [1.82, 2.24) is 4.90 Å². The lowest BCUT2D eigenvalue weighted by Gasteiger charge is -2.27. The van der Waals surface area contributed by atoms with Crippen LogP contribution in [0.1, 0.15) is 44.0 Å². The van der Waals surface area contributed by atoms with Crippen molar-refractivity contribution in [2.45, 2.75) is 38.5 Å². The third kappa shape index (κ3) is 1.72. The fourth-order valence-corrected chi connectivity index (χ4v) is 2.76. The van der Waals surface area contributed by atoms with Gasteiger partial charge in [0.15, 0.2) is 11.7 Å². The van der Waals surface area contributed by atoms with Crippen molar-refractivity contribution in [1.29, 1.82) is 0 Å². The molecule has 2 aliphatic heterocycles. The Kier molecular flexibility index (Phi) is 2.64. The molecule has 1 amide bonds. The minimum Gasteiger partial charge on any atom is -0.444 e. The van der Waals surface area contributed by atoms with Crippen LogP contribution in [0.4, 0.5) is 13.6 Å². The van der Waals surface area contributed by atoms with Crippen LogP contribution >= 0.6 is 0 Å². The fraction of sp³-hybridized carbons (Fsp3) is 0.400. The van der Waals surface area contributed by atoms with Crippen molar-refractivity contribution in [2.75, 3.05) is 0 Å². The summed E-state index contributed by atoms with van der Waals surface area (Å²) in [5, 5.41) is 0. The summed E-state index contributed by atoms with van der Waals surface area (Å²) in [5.74, 6) is -1.78. The van der Waals surface area contributed by atoms with E-state index in [1.807, 2.05) is 0 Å². The van der Waals surface area contributed by atoms with E-state index in [-0.39, 0.29) is 0 Å². The van der Waals surface area contributed by atoms with Crippen LogP contribution in [0.3, 0.4) is 0 Å². The normalized spacial score (nSPS) is 24.1. The average Bonchev–Trinajstić information content (AvgIpc) is 2.81. The molecule has 20 heavy (non-hydrogen) atoms. The van der Waals surface area contributed by atoms with E-state index in [4.69, 9.17) is 4.74 Å². The summed E-state index contributed by atoms with van der Waals surface area (Å²) in [7, 11) is 0. The first kappa shape index (κ1) is 13.1. The van der Waals surface area contributed by atoms with E-state index >= 15 is 0 Å². The molecule has 0 fully saturated rings. The van der Waals surface area contributed by atoms with Gasteiger partial charge in [-0.15, -0.1) is 0 Å². The Balaban J connectivity index is 2.00. The lowest BCUT2D eigenvalue weighted by atomic mass is 9.96. The topological polar surface area (TPSA) is 29.5 Å². The molecule has 0 saturated carbocycles. The molecule has 0 saturated heterocycles. The van der Waals surface area contributed by atoms with Gasteiger partial charge in [-0.05, 0) is 31.9 Å². The molecule has 3 nitrogen and oxygen atoms in total. The van der Waals surface area contributed by atoms with Crippen LogP contribution < -0.4 is 0 Å². The summed E-state index contributed by atoms with van der Waals surface area (Å²) in [6, 6.07) is 4.93. The summed E-state index contributed by atoms with van der Waals surface area (Å²) in [6.07, 6.45) is -0.702. The van der Waals surface area contributed by atoms with Crippen LogP contribution in [0.2, 0.25) is 0 Å². The first-order valence-corrected chi connectivity index (χ1v) is 6.46. The Morgan fingerprint density at radius 1 is 1.10 bits per heavy atom. The number of hydrogen-bond acceptors (Lipinski definition) is 2. The number of benzene rings is 1. The van der Waals surface area contributed by atoms with Gasteiger partial charge in [0.05, 0.1) is 0 Å². The van der Waals surface area contributed by atoms with Crippen LogP contribution in [-0.4, -0.2) is 16.6 Å². The van der Waals surface area contributed by atoms with Gasteiger partial charge >= 0.3 is 6.09 Å². The van der Waals surface area contributed by atoms with Crippen molar-refractivity contribution < 1.29 is 18.3 Å². The van der Waals surface area contributed by atoms with E-state index in [1.165, 1.54) is 0 Å². The zero-order valence-electron chi connectivity index (χ0n) is 11.5. The third-order valence-electron chi connectivity index (χ3n) is 3.45. The second-order valence-corrected chi connectivity index (χ2v) is 6.02. The van der Waals surface area contributed by atoms with Gasteiger partial charge in [-0.2, -0.15) is 0 Å². The van der Waals surface area contributed by atoms with Gasteiger partial charge in [0.1, 0.15) is 17.7 Å². The molecule has 2 aliphatic rings. The quantitative estimate of drug-likeness (QED) is 0.713. The average molecular weight is 279 g/mol. The monoisotopic (exact) mass is 279 g/mol. The molecular weight excluding hydrogens is 264 g/mol. The van der Waals surface area contributed by atoms with Gasteiger partial charge in [-0.25, -0.2) is 13.6 Å². The van der Waals surface area contributed by atoms with E-state index in [9.17, 15) is 13.6 Å². The van der Waals surface area contributed by atoms with Crippen molar-refractivity contribution >= 4 is 6.09 Å². The zero-order valence-corrected chi connectivity index (χ0v) is 11.5. The lowest BCUT2D eigenvalue weighted by molar-refractivity contribution is 0.0169. The predicted octanol–water partition coefficient (Wildman–Crippen LogP) is 4.18. The SMILES string of the molecule is CC(C)(C)OC(=O)N1C2C(F)=C(F)C1c1ccccc12. The summed E-state index contributed by atoms with van der Waals surface area (Å²) in [6.45, 7) is 5.16. The van der Waals surface area contributed by atoms with Gasteiger partial charge < -0.3 is 4.74 Å². The molecule has 2 bridgehead atoms. The standard InChI is InChI=1S/C15H15F2NO2/c1-15(2,3)20-14(19)18-12-8-6-4-5-7-9(8)13(18)11(17)10(12)16/h4-7,12-13H,1-3H3. The molecule has 0 spiro atoms. The second kappa shape index (κ2) is 4.04. The molecule has 1 aromatic rings. The maximum absolute atomic E-state index is 14.0. The summed E-state index contributed by atoms with van der Waals surface area (Å²) >= 11 is 0. The molecule has 2 atom stereocenters. The number of amides is 1. The van der Waals surface area contributed by atoms with E-state index in [1.54, 1.807) is 45.0 Å². The van der Waals surface area contributed by atoms with Crippen molar-refractivity contribution in [2.24, 2.45) is 0 Å². The number of fused-ring (bicyclic) bond motifs is 5. The van der Waals surface area contributed by atoms with Gasteiger partial charge in [0.2, 0.25) is 0 Å². The Labute approximate surface area is 115 Å². The molecule has 1 aromatic carbocycles. The highest BCUT2D eigenvalue weighted by atomic mass is 19.2. The van der Waals surface area contributed by atoms with E-state index in [0.717, 1.165) is 4.90 Å². The van der Waals surface area contributed by atoms with E-state index < -0.39 is 35.4 Å². The Bertz CT molecular complexity index is 580. The number of halogens is 2. The Morgan fingerprint density at radius 2 is 1.55 bits per heavy atom. The predicted molar refractivity (Wildman–Crippen MR) is 69.2 cm³/mol. The molecule has 106 valence electrons. The van der Waals surface area contributed by atoms with Gasteiger partial charge in [-0.3, -0.25) is 4.90 Å². The van der Waals surface area contributed by atoms with E-state index in [2.05, 4.69) is 0 Å². The number of nitrogens with zero attached hydrogens (tertiary/aromatic N) is 1. The molecule has 0 radical (unpaired) electrons. The molecule has 0 aromatic heterocycles. The summed E-state index contributed by atoms with van der Waals surface area (Å²) < 4.78 is 33.2. The largest absolute Gasteiger partial charge is 0.444 e. The highest BCUT2D eigenvalue weighted by molar-refractivity contribution is 5.74. The number of hydrogen-bond donors (Lipinski definition) is 0. The maximum atomic E-state index is 14.0. The third-order valence-corrected chi connectivity index (χ3v) is 3.45. The first-order valence-electron chi connectivity index (χ1n) is 6.46. The van der Waals surface area contributed by atoms with Gasteiger partial charge in [0.25, 0.3) is 0 Å². The van der Waals surface area contributed by atoms with Crippen LogP contribution in [-0.2, 0) is 4.74 Å². The van der Waals surface area contributed by atoms with Crippen molar-refractivity contribution in [3.05, 3.63) is 47.0 Å².